The van der Waals surface area contributed by atoms with Gasteiger partial charge in [0, 0.05) is 20.0 Å². The topological polar surface area (TPSA) is 41.6 Å². The maximum absolute atomic E-state index is 12.2. The molecule has 0 saturated carbocycles. The second-order valence-electron chi connectivity index (χ2n) is 6.11. The van der Waals surface area contributed by atoms with Crippen LogP contribution < -0.4 is 10.1 Å². The molecule has 0 bridgehead atoms. The lowest BCUT2D eigenvalue weighted by Gasteiger charge is -2.23. The number of benzene rings is 1. The first-order valence-corrected chi connectivity index (χ1v) is 8.27. The maximum atomic E-state index is 12.2. The molecule has 0 atom stereocenters. The molecule has 5 heteroatoms. The standard InChI is InChI=1S/C18H28N2O2.ClH/c1-20(14-11-16-5-3-4-6-17(16)22-2)18(21)8-7-15-9-12-19-13-10-15;/h3-6,15,19H,7-14H2,1-2H3;1H. The van der Waals surface area contributed by atoms with Crippen LogP contribution in [0.3, 0.4) is 0 Å². The van der Waals surface area contributed by atoms with Crippen LogP contribution in [0.4, 0.5) is 0 Å². The van der Waals surface area contributed by atoms with E-state index in [0.717, 1.165) is 43.8 Å². The molecule has 1 amide bonds. The summed E-state index contributed by atoms with van der Waals surface area (Å²) in [6.07, 6.45) is 4.95. The SMILES string of the molecule is COc1ccccc1CCN(C)C(=O)CCC1CCNCC1.Cl. The highest BCUT2D eigenvalue weighted by Crippen LogP contribution is 2.19. The predicted octanol–water partition coefficient (Wildman–Crippen LogP) is 2.90. The molecular weight excluding hydrogens is 312 g/mol. The van der Waals surface area contributed by atoms with Crippen molar-refractivity contribution in [3.8, 4) is 5.75 Å². The van der Waals surface area contributed by atoms with E-state index in [9.17, 15) is 4.79 Å². The number of nitrogens with one attached hydrogen (secondary N) is 1. The van der Waals surface area contributed by atoms with Crippen LogP contribution >= 0.6 is 12.4 Å². The number of ether oxygens (including phenoxy) is 1. The van der Waals surface area contributed by atoms with E-state index in [-0.39, 0.29) is 18.3 Å². The molecule has 1 aliphatic rings. The number of hydrogen-bond donors (Lipinski definition) is 1. The molecule has 1 aromatic rings. The largest absolute Gasteiger partial charge is 0.496 e. The minimum atomic E-state index is 0. The Morgan fingerprint density at radius 2 is 2.00 bits per heavy atom. The van der Waals surface area contributed by atoms with Gasteiger partial charge in [0.25, 0.3) is 0 Å². The second-order valence-corrected chi connectivity index (χ2v) is 6.11. The van der Waals surface area contributed by atoms with Crippen LogP contribution in [0.2, 0.25) is 0 Å². The molecule has 0 spiro atoms. The van der Waals surface area contributed by atoms with Gasteiger partial charge in [0.2, 0.25) is 5.91 Å². The number of rotatable bonds is 7. The third kappa shape index (κ3) is 6.40. The van der Waals surface area contributed by atoms with E-state index >= 15 is 0 Å². The van der Waals surface area contributed by atoms with E-state index in [1.165, 1.54) is 12.8 Å². The Hall–Kier alpha value is -1.26. The summed E-state index contributed by atoms with van der Waals surface area (Å²) in [5.74, 6) is 1.87. The lowest BCUT2D eigenvalue weighted by molar-refractivity contribution is -0.130. The molecule has 4 nitrogen and oxygen atoms in total. The first-order valence-electron chi connectivity index (χ1n) is 8.27. The molecule has 1 aromatic carbocycles. The Kier molecular flexibility index (Phi) is 9.03. The summed E-state index contributed by atoms with van der Waals surface area (Å²) in [7, 11) is 3.59. The van der Waals surface area contributed by atoms with Gasteiger partial charge in [0.05, 0.1) is 7.11 Å². The molecule has 1 fully saturated rings. The van der Waals surface area contributed by atoms with E-state index in [2.05, 4.69) is 11.4 Å². The fourth-order valence-corrected chi connectivity index (χ4v) is 3.01. The number of para-hydroxylation sites is 1. The summed E-state index contributed by atoms with van der Waals surface area (Å²) < 4.78 is 5.36. The Bertz CT molecular complexity index is 476. The van der Waals surface area contributed by atoms with Crippen molar-refractivity contribution < 1.29 is 9.53 Å². The minimum Gasteiger partial charge on any atom is -0.496 e. The Morgan fingerprint density at radius 1 is 1.30 bits per heavy atom. The highest BCUT2D eigenvalue weighted by Gasteiger charge is 2.16. The first-order chi connectivity index (χ1) is 10.7. The van der Waals surface area contributed by atoms with Crippen molar-refractivity contribution in [3.05, 3.63) is 29.8 Å². The number of carbonyl (C=O) groups excluding carboxylic acids is 1. The number of halogens is 1. The van der Waals surface area contributed by atoms with Crippen molar-refractivity contribution in [1.29, 1.82) is 0 Å². The number of piperidine rings is 1. The van der Waals surface area contributed by atoms with Crippen LogP contribution in [0.25, 0.3) is 0 Å². The molecule has 0 radical (unpaired) electrons. The van der Waals surface area contributed by atoms with Gasteiger partial charge in [-0.05, 0) is 56.3 Å². The first kappa shape index (κ1) is 19.8. The quantitative estimate of drug-likeness (QED) is 0.829. The molecule has 2 rings (SSSR count). The smallest absolute Gasteiger partial charge is 0.222 e. The van der Waals surface area contributed by atoms with Gasteiger partial charge in [-0.25, -0.2) is 0 Å². The Balaban J connectivity index is 0.00000264. The normalized spacial score (nSPS) is 14.9. The van der Waals surface area contributed by atoms with Gasteiger partial charge in [-0.15, -0.1) is 12.4 Å². The zero-order valence-corrected chi connectivity index (χ0v) is 15.0. The fraction of sp³-hybridized carbons (Fsp3) is 0.611. The van der Waals surface area contributed by atoms with E-state index in [4.69, 9.17) is 4.74 Å². The number of nitrogens with zero attached hydrogens (tertiary/aromatic N) is 1. The molecule has 1 saturated heterocycles. The molecule has 0 aliphatic carbocycles. The third-order valence-corrected chi connectivity index (χ3v) is 4.56. The van der Waals surface area contributed by atoms with Gasteiger partial charge >= 0.3 is 0 Å². The molecule has 1 N–H and O–H groups in total. The zero-order chi connectivity index (χ0) is 15.8. The van der Waals surface area contributed by atoms with Crippen molar-refractivity contribution in [2.24, 2.45) is 5.92 Å². The second kappa shape index (κ2) is 10.5. The van der Waals surface area contributed by atoms with Crippen molar-refractivity contribution in [1.82, 2.24) is 10.2 Å². The summed E-state index contributed by atoms with van der Waals surface area (Å²) in [5.41, 5.74) is 1.16. The van der Waals surface area contributed by atoms with E-state index in [1.54, 1.807) is 7.11 Å². The van der Waals surface area contributed by atoms with Gasteiger partial charge in [-0.1, -0.05) is 18.2 Å². The number of methoxy groups -OCH3 is 1. The molecule has 130 valence electrons. The van der Waals surface area contributed by atoms with Gasteiger partial charge < -0.3 is 15.0 Å². The van der Waals surface area contributed by atoms with Crippen LogP contribution in [-0.2, 0) is 11.2 Å². The molecule has 1 aliphatic heterocycles. The molecule has 1 heterocycles. The average molecular weight is 341 g/mol. The number of amides is 1. The van der Waals surface area contributed by atoms with E-state index < -0.39 is 0 Å². The van der Waals surface area contributed by atoms with Gasteiger partial charge in [0.1, 0.15) is 5.75 Å². The lowest BCUT2D eigenvalue weighted by Crippen LogP contribution is -2.31. The molecule has 0 unspecified atom stereocenters. The van der Waals surface area contributed by atoms with Crippen molar-refractivity contribution in [2.45, 2.75) is 32.1 Å². The Labute approximate surface area is 146 Å². The number of likely N-dealkylation sites (N-methyl/N-ethyl adjacent to an activating group) is 1. The zero-order valence-electron chi connectivity index (χ0n) is 14.2. The highest BCUT2D eigenvalue weighted by molar-refractivity contribution is 5.85. The summed E-state index contributed by atoms with van der Waals surface area (Å²) in [4.78, 5) is 14.1. The summed E-state index contributed by atoms with van der Waals surface area (Å²) >= 11 is 0. The van der Waals surface area contributed by atoms with Crippen LogP contribution in [0.15, 0.2) is 24.3 Å². The lowest BCUT2D eigenvalue weighted by atomic mass is 9.93. The maximum Gasteiger partial charge on any atom is 0.222 e. The van der Waals surface area contributed by atoms with E-state index in [1.807, 2.05) is 30.1 Å². The van der Waals surface area contributed by atoms with Crippen LogP contribution in [-0.4, -0.2) is 44.6 Å². The number of hydrogen-bond acceptors (Lipinski definition) is 3. The van der Waals surface area contributed by atoms with Crippen LogP contribution in [0.5, 0.6) is 5.75 Å². The predicted molar refractivity (Wildman–Crippen MR) is 96.4 cm³/mol. The Morgan fingerprint density at radius 3 is 2.70 bits per heavy atom. The van der Waals surface area contributed by atoms with Crippen LogP contribution in [0, 0.1) is 5.92 Å². The third-order valence-electron chi connectivity index (χ3n) is 4.56. The molecule has 23 heavy (non-hydrogen) atoms. The monoisotopic (exact) mass is 340 g/mol. The summed E-state index contributed by atoms with van der Waals surface area (Å²) in [6.45, 7) is 2.94. The van der Waals surface area contributed by atoms with Crippen molar-refractivity contribution >= 4 is 18.3 Å². The van der Waals surface area contributed by atoms with Gasteiger partial charge in [-0.2, -0.15) is 0 Å². The molecule has 0 aromatic heterocycles. The van der Waals surface area contributed by atoms with Gasteiger partial charge in [-0.3, -0.25) is 4.79 Å². The van der Waals surface area contributed by atoms with Crippen LogP contribution in [0.1, 0.15) is 31.2 Å². The van der Waals surface area contributed by atoms with Crippen molar-refractivity contribution in [2.75, 3.05) is 33.8 Å². The minimum absolute atomic E-state index is 0. The molecular formula is C18H29ClN2O2. The highest BCUT2D eigenvalue weighted by atomic mass is 35.5. The van der Waals surface area contributed by atoms with Gasteiger partial charge in [0.15, 0.2) is 0 Å². The average Bonchev–Trinajstić information content (AvgIpc) is 2.58. The van der Waals surface area contributed by atoms with E-state index in [0.29, 0.717) is 12.3 Å². The number of carbonyl (C=O) groups is 1. The fourth-order valence-electron chi connectivity index (χ4n) is 3.01. The summed E-state index contributed by atoms with van der Waals surface area (Å²) in [5, 5.41) is 3.37. The summed E-state index contributed by atoms with van der Waals surface area (Å²) in [6, 6.07) is 8.01. The van der Waals surface area contributed by atoms with Crippen molar-refractivity contribution in [3.63, 3.8) is 0 Å².